The first-order valence-electron chi connectivity index (χ1n) is 7.47. The summed E-state index contributed by atoms with van der Waals surface area (Å²) in [7, 11) is 0. The highest BCUT2D eigenvalue weighted by Crippen LogP contribution is 2.41. The Morgan fingerprint density at radius 2 is 2.05 bits per heavy atom. The van der Waals surface area contributed by atoms with E-state index in [0.717, 1.165) is 48.1 Å². The molecular weight excluding hydrogens is 248 g/mol. The number of aromatic hydroxyl groups is 1. The average molecular weight is 274 g/mol. The number of phenols is 1. The molecule has 1 aromatic carbocycles. The van der Waals surface area contributed by atoms with E-state index >= 15 is 0 Å². The minimum absolute atomic E-state index is 0.0902. The van der Waals surface area contributed by atoms with Crippen LogP contribution in [0.4, 0.5) is 0 Å². The Labute approximate surface area is 122 Å². The summed E-state index contributed by atoms with van der Waals surface area (Å²) in [5.74, 6) is 1.38. The normalized spacial score (nSPS) is 21.1. The van der Waals surface area contributed by atoms with Gasteiger partial charge in [-0.05, 0) is 83.1 Å². The zero-order valence-electron chi connectivity index (χ0n) is 13.3. The fraction of sp³-hybridized carbons (Fsp3) is 0.556. The Morgan fingerprint density at radius 3 is 2.70 bits per heavy atom. The van der Waals surface area contributed by atoms with Gasteiger partial charge in [-0.25, -0.2) is 0 Å². The van der Waals surface area contributed by atoms with Gasteiger partial charge in [0.25, 0.3) is 0 Å². The van der Waals surface area contributed by atoms with Crippen LogP contribution in [0, 0.1) is 13.8 Å². The van der Waals surface area contributed by atoms with E-state index < -0.39 is 0 Å². The van der Waals surface area contributed by atoms with E-state index in [-0.39, 0.29) is 5.60 Å². The molecule has 2 nitrogen and oxygen atoms in total. The molecular formula is C18H26O2. The molecule has 1 aromatic rings. The van der Waals surface area contributed by atoms with Gasteiger partial charge in [0.05, 0.1) is 0 Å². The maximum absolute atomic E-state index is 9.93. The van der Waals surface area contributed by atoms with Gasteiger partial charge in [-0.2, -0.15) is 0 Å². The first kappa shape index (κ1) is 15.0. The van der Waals surface area contributed by atoms with Crippen molar-refractivity contribution in [1.29, 1.82) is 0 Å². The Balaban J connectivity index is 2.21. The van der Waals surface area contributed by atoms with Gasteiger partial charge >= 0.3 is 0 Å². The molecule has 2 heteroatoms. The standard InChI is InChI=1S/C18H26O2/c1-12(2)7-6-9-18(5)10-8-15-11-16(19)13(3)14(4)17(15)20-18/h7,11,19H,6,8-10H2,1-5H3. The van der Waals surface area contributed by atoms with Crippen molar-refractivity contribution in [3.8, 4) is 11.5 Å². The van der Waals surface area contributed by atoms with Crippen molar-refractivity contribution >= 4 is 0 Å². The van der Waals surface area contributed by atoms with Crippen molar-refractivity contribution < 1.29 is 9.84 Å². The monoisotopic (exact) mass is 274 g/mol. The van der Waals surface area contributed by atoms with E-state index in [1.54, 1.807) is 0 Å². The van der Waals surface area contributed by atoms with Crippen LogP contribution in [0.1, 0.15) is 56.7 Å². The predicted molar refractivity (Wildman–Crippen MR) is 83.6 cm³/mol. The highest BCUT2D eigenvalue weighted by Gasteiger charge is 2.32. The summed E-state index contributed by atoms with van der Waals surface area (Å²) in [5, 5.41) is 9.93. The van der Waals surface area contributed by atoms with E-state index in [4.69, 9.17) is 4.74 Å². The Bertz CT molecular complexity index is 539. The second-order valence-electron chi connectivity index (χ2n) is 6.51. The minimum atomic E-state index is -0.0902. The second kappa shape index (κ2) is 5.51. The summed E-state index contributed by atoms with van der Waals surface area (Å²) >= 11 is 0. The molecule has 2 rings (SSSR count). The van der Waals surface area contributed by atoms with Crippen molar-refractivity contribution in [3.63, 3.8) is 0 Å². The lowest BCUT2D eigenvalue weighted by molar-refractivity contribution is 0.0561. The molecule has 0 aliphatic carbocycles. The number of fused-ring (bicyclic) bond motifs is 1. The van der Waals surface area contributed by atoms with Gasteiger partial charge in [0.2, 0.25) is 0 Å². The van der Waals surface area contributed by atoms with Gasteiger partial charge in [0, 0.05) is 0 Å². The summed E-state index contributed by atoms with van der Waals surface area (Å²) in [6, 6.07) is 1.87. The van der Waals surface area contributed by atoms with Crippen LogP contribution in [0.15, 0.2) is 17.7 Å². The van der Waals surface area contributed by atoms with Gasteiger partial charge in [-0.15, -0.1) is 0 Å². The molecule has 0 radical (unpaired) electrons. The van der Waals surface area contributed by atoms with Crippen LogP contribution < -0.4 is 4.74 Å². The summed E-state index contributed by atoms with van der Waals surface area (Å²) < 4.78 is 6.33. The molecule has 1 aliphatic rings. The second-order valence-corrected chi connectivity index (χ2v) is 6.51. The van der Waals surface area contributed by atoms with Crippen molar-refractivity contribution in [2.24, 2.45) is 0 Å². The Morgan fingerprint density at radius 1 is 1.35 bits per heavy atom. The van der Waals surface area contributed by atoms with Crippen molar-refractivity contribution in [1.82, 2.24) is 0 Å². The maximum atomic E-state index is 9.93. The topological polar surface area (TPSA) is 29.5 Å². The number of rotatable bonds is 3. The van der Waals surface area contributed by atoms with Crippen molar-refractivity contribution in [2.45, 2.75) is 65.9 Å². The van der Waals surface area contributed by atoms with Crippen LogP contribution in [-0.2, 0) is 6.42 Å². The largest absolute Gasteiger partial charge is 0.508 e. The third kappa shape index (κ3) is 3.00. The zero-order valence-corrected chi connectivity index (χ0v) is 13.3. The summed E-state index contributed by atoms with van der Waals surface area (Å²) in [5.41, 5.74) is 4.42. The third-order valence-corrected chi connectivity index (χ3v) is 4.39. The first-order chi connectivity index (χ1) is 9.32. The van der Waals surface area contributed by atoms with Gasteiger partial charge in [-0.1, -0.05) is 11.6 Å². The first-order valence-corrected chi connectivity index (χ1v) is 7.47. The molecule has 0 amide bonds. The van der Waals surface area contributed by atoms with Crippen LogP contribution in [0.5, 0.6) is 11.5 Å². The zero-order chi connectivity index (χ0) is 14.9. The van der Waals surface area contributed by atoms with Crippen LogP contribution in [-0.4, -0.2) is 10.7 Å². The molecule has 20 heavy (non-hydrogen) atoms. The fourth-order valence-electron chi connectivity index (χ4n) is 2.81. The summed E-state index contributed by atoms with van der Waals surface area (Å²) in [6.45, 7) is 10.5. The van der Waals surface area contributed by atoms with E-state index in [0.29, 0.717) is 5.75 Å². The predicted octanol–water partition coefficient (Wildman–Crippen LogP) is 4.84. The lowest BCUT2D eigenvalue weighted by Crippen LogP contribution is -2.36. The molecule has 0 saturated heterocycles. The number of ether oxygens (including phenoxy) is 1. The van der Waals surface area contributed by atoms with E-state index in [1.165, 1.54) is 5.57 Å². The highest BCUT2D eigenvalue weighted by molar-refractivity contribution is 5.53. The maximum Gasteiger partial charge on any atom is 0.126 e. The van der Waals surface area contributed by atoms with Gasteiger partial charge in [0.1, 0.15) is 17.1 Å². The summed E-state index contributed by atoms with van der Waals surface area (Å²) in [6.07, 6.45) is 6.37. The number of hydrogen-bond donors (Lipinski definition) is 1. The highest BCUT2D eigenvalue weighted by atomic mass is 16.5. The number of phenolic OH excluding ortho intramolecular Hbond substituents is 1. The molecule has 1 heterocycles. The molecule has 0 spiro atoms. The molecule has 0 bridgehead atoms. The molecule has 110 valence electrons. The third-order valence-electron chi connectivity index (χ3n) is 4.39. The molecule has 0 fully saturated rings. The lowest BCUT2D eigenvalue weighted by atomic mass is 9.87. The number of aryl methyl sites for hydroxylation is 1. The Hall–Kier alpha value is -1.44. The molecule has 1 unspecified atom stereocenters. The minimum Gasteiger partial charge on any atom is -0.508 e. The number of benzene rings is 1. The molecule has 1 atom stereocenters. The smallest absolute Gasteiger partial charge is 0.126 e. The van der Waals surface area contributed by atoms with Crippen LogP contribution in [0.3, 0.4) is 0 Å². The molecule has 1 N–H and O–H groups in total. The molecule has 0 aromatic heterocycles. The molecule has 0 saturated carbocycles. The fourth-order valence-corrected chi connectivity index (χ4v) is 2.81. The number of allylic oxidation sites excluding steroid dienone is 2. The van der Waals surface area contributed by atoms with Gasteiger partial charge < -0.3 is 9.84 Å². The quantitative estimate of drug-likeness (QED) is 0.799. The van der Waals surface area contributed by atoms with E-state index in [1.807, 2.05) is 19.9 Å². The number of hydrogen-bond acceptors (Lipinski definition) is 2. The lowest BCUT2D eigenvalue weighted by Gasteiger charge is -2.37. The van der Waals surface area contributed by atoms with Gasteiger partial charge in [0.15, 0.2) is 0 Å². The van der Waals surface area contributed by atoms with Gasteiger partial charge in [-0.3, -0.25) is 0 Å². The van der Waals surface area contributed by atoms with Crippen molar-refractivity contribution in [2.75, 3.05) is 0 Å². The summed E-state index contributed by atoms with van der Waals surface area (Å²) in [4.78, 5) is 0. The van der Waals surface area contributed by atoms with Crippen molar-refractivity contribution in [3.05, 3.63) is 34.4 Å². The Kier molecular flexibility index (Phi) is 4.12. The average Bonchev–Trinajstić information content (AvgIpc) is 2.37. The van der Waals surface area contributed by atoms with E-state index in [2.05, 4.69) is 26.8 Å². The van der Waals surface area contributed by atoms with E-state index in [9.17, 15) is 5.11 Å². The van der Waals surface area contributed by atoms with Crippen LogP contribution in [0.2, 0.25) is 0 Å². The SMILES string of the molecule is CC(C)=CCCC1(C)CCc2cc(O)c(C)c(C)c2O1. The van der Waals surface area contributed by atoms with Crippen LogP contribution >= 0.6 is 0 Å². The van der Waals surface area contributed by atoms with Crippen LogP contribution in [0.25, 0.3) is 0 Å². The molecule has 1 aliphatic heterocycles.